The van der Waals surface area contributed by atoms with Gasteiger partial charge >= 0.3 is 5.97 Å². The van der Waals surface area contributed by atoms with E-state index >= 15 is 0 Å². The molecule has 0 amide bonds. The largest absolute Gasteiger partial charge is 0.504 e. The second-order valence-electron chi connectivity index (χ2n) is 5.01. The highest BCUT2D eigenvalue weighted by Gasteiger charge is 2.63. The molecule has 92 valence electrons. The van der Waals surface area contributed by atoms with E-state index in [9.17, 15) is 9.90 Å². The average Bonchev–Trinajstić information content (AvgIpc) is 2.82. The fraction of sp³-hybridized carbons (Fsp3) is 0.462. The Kier molecular flexibility index (Phi) is 2.53. The van der Waals surface area contributed by atoms with Crippen LogP contribution in [-0.4, -0.2) is 23.3 Å². The van der Waals surface area contributed by atoms with E-state index in [1.807, 2.05) is 13.8 Å². The third-order valence-electron chi connectivity index (χ3n) is 3.68. The lowest BCUT2D eigenvalue weighted by atomic mass is 10.0. The molecule has 4 heteroatoms. The average molecular weight is 236 g/mol. The van der Waals surface area contributed by atoms with Crippen molar-refractivity contribution in [2.24, 2.45) is 11.3 Å². The predicted molar refractivity (Wildman–Crippen MR) is 62.3 cm³/mol. The molecule has 4 nitrogen and oxygen atoms in total. The lowest BCUT2D eigenvalue weighted by molar-refractivity contribution is -0.139. The minimum absolute atomic E-state index is 0.0526. The van der Waals surface area contributed by atoms with Crippen LogP contribution in [0.25, 0.3) is 0 Å². The number of phenolic OH excluding ortho intramolecular Hbond substituents is 1. The lowest BCUT2D eigenvalue weighted by Crippen LogP contribution is -2.03. The van der Waals surface area contributed by atoms with Crippen molar-refractivity contribution in [3.05, 3.63) is 23.8 Å². The Morgan fingerprint density at radius 1 is 1.41 bits per heavy atom. The summed E-state index contributed by atoms with van der Waals surface area (Å²) in [5.74, 6) is -0.982. The van der Waals surface area contributed by atoms with Gasteiger partial charge in [0.2, 0.25) is 0 Å². The molecule has 0 spiro atoms. The van der Waals surface area contributed by atoms with Gasteiger partial charge in [-0.1, -0.05) is 26.0 Å². The van der Waals surface area contributed by atoms with Gasteiger partial charge in [0.05, 0.1) is 13.0 Å². The van der Waals surface area contributed by atoms with Gasteiger partial charge in [-0.15, -0.1) is 0 Å². The van der Waals surface area contributed by atoms with Gasteiger partial charge in [0.25, 0.3) is 0 Å². The maximum absolute atomic E-state index is 11.1. The van der Waals surface area contributed by atoms with Crippen molar-refractivity contribution in [1.29, 1.82) is 0 Å². The van der Waals surface area contributed by atoms with E-state index in [2.05, 4.69) is 0 Å². The third-order valence-corrected chi connectivity index (χ3v) is 3.68. The number of benzene rings is 1. The second kappa shape index (κ2) is 3.65. The van der Waals surface area contributed by atoms with Crippen LogP contribution in [-0.2, 0) is 4.79 Å². The Hall–Kier alpha value is -1.71. The number of carboxylic acid groups (broad SMARTS) is 1. The molecule has 1 saturated carbocycles. The monoisotopic (exact) mass is 236 g/mol. The van der Waals surface area contributed by atoms with Crippen molar-refractivity contribution in [2.45, 2.75) is 19.8 Å². The summed E-state index contributed by atoms with van der Waals surface area (Å²) in [7, 11) is 1.48. The molecule has 0 saturated heterocycles. The SMILES string of the molecule is COc1cccc(C2C(C(=O)O)C2(C)C)c1O. The van der Waals surface area contributed by atoms with Gasteiger partial charge in [-0.05, 0) is 11.5 Å². The summed E-state index contributed by atoms with van der Waals surface area (Å²) in [5, 5.41) is 19.1. The fourth-order valence-electron chi connectivity index (χ4n) is 2.63. The summed E-state index contributed by atoms with van der Waals surface area (Å²) in [6.45, 7) is 3.80. The molecule has 1 aromatic carbocycles. The number of methoxy groups -OCH3 is 1. The number of rotatable bonds is 3. The molecule has 0 radical (unpaired) electrons. The number of para-hydroxylation sites is 1. The van der Waals surface area contributed by atoms with E-state index in [-0.39, 0.29) is 17.1 Å². The Labute approximate surface area is 99.8 Å². The number of aliphatic carboxylic acids is 1. The maximum atomic E-state index is 11.1. The van der Waals surface area contributed by atoms with Crippen LogP contribution in [0.3, 0.4) is 0 Å². The Morgan fingerprint density at radius 3 is 2.53 bits per heavy atom. The molecule has 1 aliphatic rings. The van der Waals surface area contributed by atoms with Crippen molar-refractivity contribution in [3.8, 4) is 11.5 Å². The molecule has 2 atom stereocenters. The fourth-order valence-corrected chi connectivity index (χ4v) is 2.63. The Balaban J connectivity index is 2.40. The summed E-state index contributed by atoms with van der Waals surface area (Å²) in [5.41, 5.74) is 0.331. The van der Waals surface area contributed by atoms with Gasteiger partial charge < -0.3 is 14.9 Å². The Bertz CT molecular complexity index is 464. The van der Waals surface area contributed by atoms with Crippen molar-refractivity contribution >= 4 is 5.97 Å². The van der Waals surface area contributed by atoms with Crippen LogP contribution in [0.15, 0.2) is 18.2 Å². The normalized spacial score (nSPS) is 25.4. The first-order chi connectivity index (χ1) is 7.91. The molecule has 2 N–H and O–H groups in total. The topological polar surface area (TPSA) is 66.8 Å². The first-order valence-electron chi connectivity index (χ1n) is 5.50. The molecule has 17 heavy (non-hydrogen) atoms. The molecule has 0 aliphatic heterocycles. The predicted octanol–water partition coefficient (Wildman–Crippen LogP) is 2.23. The highest BCUT2D eigenvalue weighted by Crippen LogP contribution is 2.66. The molecule has 2 unspecified atom stereocenters. The Morgan fingerprint density at radius 2 is 2.06 bits per heavy atom. The molecule has 1 fully saturated rings. The summed E-state index contributed by atoms with van der Waals surface area (Å²) in [6, 6.07) is 5.18. The first-order valence-corrected chi connectivity index (χ1v) is 5.50. The number of carbonyl (C=O) groups is 1. The number of ether oxygens (including phenoxy) is 1. The molecule has 2 rings (SSSR count). The van der Waals surface area contributed by atoms with Crippen LogP contribution in [0.4, 0.5) is 0 Å². The van der Waals surface area contributed by atoms with Gasteiger partial charge in [0, 0.05) is 11.5 Å². The van der Waals surface area contributed by atoms with Crippen molar-refractivity contribution in [1.82, 2.24) is 0 Å². The van der Waals surface area contributed by atoms with Crippen LogP contribution >= 0.6 is 0 Å². The number of phenols is 1. The maximum Gasteiger partial charge on any atom is 0.307 e. The van der Waals surface area contributed by atoms with Gasteiger partial charge in [0.1, 0.15) is 0 Å². The molecule has 0 bridgehead atoms. The van der Waals surface area contributed by atoms with Crippen LogP contribution in [0.5, 0.6) is 11.5 Å². The molecular weight excluding hydrogens is 220 g/mol. The van der Waals surface area contributed by atoms with E-state index in [0.717, 1.165) is 0 Å². The molecule has 1 aliphatic carbocycles. The van der Waals surface area contributed by atoms with Crippen LogP contribution in [0.2, 0.25) is 0 Å². The smallest absolute Gasteiger partial charge is 0.307 e. The molecule has 1 aromatic rings. The van der Waals surface area contributed by atoms with Gasteiger partial charge in [-0.2, -0.15) is 0 Å². The first kappa shape index (κ1) is 11.8. The van der Waals surface area contributed by atoms with E-state index in [0.29, 0.717) is 11.3 Å². The van der Waals surface area contributed by atoms with E-state index in [1.165, 1.54) is 7.11 Å². The van der Waals surface area contributed by atoms with Crippen LogP contribution in [0.1, 0.15) is 25.3 Å². The summed E-state index contributed by atoms with van der Waals surface area (Å²) >= 11 is 0. The zero-order valence-electron chi connectivity index (χ0n) is 10.1. The molecular formula is C13H16O4. The van der Waals surface area contributed by atoms with E-state index < -0.39 is 11.9 Å². The number of hydrogen-bond acceptors (Lipinski definition) is 3. The molecule has 0 aromatic heterocycles. The van der Waals surface area contributed by atoms with Gasteiger partial charge in [-0.25, -0.2) is 0 Å². The minimum atomic E-state index is -0.817. The van der Waals surface area contributed by atoms with E-state index in [4.69, 9.17) is 9.84 Å². The lowest BCUT2D eigenvalue weighted by Gasteiger charge is -2.09. The van der Waals surface area contributed by atoms with Gasteiger partial charge in [0.15, 0.2) is 11.5 Å². The summed E-state index contributed by atoms with van der Waals surface area (Å²) in [6.07, 6.45) is 0. The molecule has 0 heterocycles. The standard InChI is InChI=1S/C13H16O4/c1-13(2)9(10(13)12(15)16)7-5-4-6-8(17-3)11(7)14/h4-6,9-10,14H,1-3H3,(H,15,16). The second-order valence-corrected chi connectivity index (χ2v) is 5.01. The van der Waals surface area contributed by atoms with Crippen molar-refractivity contribution < 1.29 is 19.7 Å². The van der Waals surface area contributed by atoms with Crippen LogP contribution in [0, 0.1) is 11.3 Å². The van der Waals surface area contributed by atoms with E-state index in [1.54, 1.807) is 18.2 Å². The van der Waals surface area contributed by atoms with Crippen LogP contribution < -0.4 is 4.74 Å². The van der Waals surface area contributed by atoms with Gasteiger partial charge in [-0.3, -0.25) is 4.79 Å². The number of hydrogen-bond donors (Lipinski definition) is 2. The summed E-state index contributed by atoms with van der Waals surface area (Å²) in [4.78, 5) is 11.1. The third kappa shape index (κ3) is 1.64. The quantitative estimate of drug-likeness (QED) is 0.844. The highest BCUT2D eigenvalue weighted by molar-refractivity contribution is 5.78. The van der Waals surface area contributed by atoms with Crippen molar-refractivity contribution in [3.63, 3.8) is 0 Å². The zero-order chi connectivity index (χ0) is 12.8. The van der Waals surface area contributed by atoms with Crippen molar-refractivity contribution in [2.75, 3.05) is 7.11 Å². The zero-order valence-corrected chi connectivity index (χ0v) is 10.1. The number of aromatic hydroxyl groups is 1. The minimum Gasteiger partial charge on any atom is -0.504 e. The summed E-state index contributed by atoms with van der Waals surface area (Å²) < 4.78 is 5.03. The highest BCUT2D eigenvalue weighted by atomic mass is 16.5. The number of carboxylic acids is 1.